The molecule has 1 N–H and O–H groups in total. The van der Waals surface area contributed by atoms with Gasteiger partial charge in [0, 0.05) is 43.5 Å². The number of halogens is 3. The van der Waals surface area contributed by atoms with Gasteiger partial charge in [-0.1, -0.05) is 20.8 Å². The monoisotopic (exact) mass is 506 g/mol. The van der Waals surface area contributed by atoms with Gasteiger partial charge in [0.1, 0.15) is 11.6 Å². The Balaban J connectivity index is 1.51. The van der Waals surface area contributed by atoms with Crippen LogP contribution in [0.25, 0.3) is 0 Å². The van der Waals surface area contributed by atoms with Crippen molar-refractivity contribution in [2.45, 2.75) is 52.8 Å². The molecule has 1 aromatic heterocycles. The highest BCUT2D eigenvalue weighted by molar-refractivity contribution is 5.94. The number of piperazine rings is 1. The molecule has 0 unspecified atom stereocenters. The molecule has 2 aromatic rings. The minimum absolute atomic E-state index is 0.0641. The van der Waals surface area contributed by atoms with Crippen LogP contribution in [0.3, 0.4) is 0 Å². The van der Waals surface area contributed by atoms with Crippen molar-refractivity contribution in [3.05, 3.63) is 53.7 Å². The van der Waals surface area contributed by atoms with Gasteiger partial charge in [0.2, 0.25) is 0 Å². The molecule has 1 aliphatic rings. The summed E-state index contributed by atoms with van der Waals surface area (Å²) < 4.78 is 43.6. The lowest BCUT2D eigenvalue weighted by Crippen LogP contribution is -2.49. The van der Waals surface area contributed by atoms with Crippen LogP contribution in [0.5, 0.6) is 5.75 Å². The van der Waals surface area contributed by atoms with E-state index in [1.807, 2.05) is 18.7 Å². The average Bonchev–Trinajstić information content (AvgIpc) is 2.77. The smallest absolute Gasteiger partial charge is 0.410 e. The molecule has 36 heavy (non-hydrogen) atoms. The van der Waals surface area contributed by atoms with Crippen LogP contribution in [-0.4, -0.2) is 53.6 Å². The molecule has 0 radical (unpaired) electrons. The topological polar surface area (TPSA) is 74.8 Å². The first-order chi connectivity index (χ1) is 16.6. The number of hydrogen-bond donors (Lipinski definition) is 1. The van der Waals surface area contributed by atoms with Crippen molar-refractivity contribution in [1.82, 2.24) is 15.2 Å². The van der Waals surface area contributed by atoms with Gasteiger partial charge in [-0.2, -0.15) is 13.2 Å². The Morgan fingerprint density at radius 3 is 2.06 bits per heavy atom. The number of anilines is 1. The molecule has 10 heteroatoms. The summed E-state index contributed by atoms with van der Waals surface area (Å²) in [6.07, 6.45) is -3.34. The van der Waals surface area contributed by atoms with Gasteiger partial charge in [0.25, 0.3) is 5.91 Å². The van der Waals surface area contributed by atoms with Gasteiger partial charge >= 0.3 is 12.3 Å². The second kappa shape index (κ2) is 10.4. The minimum atomic E-state index is -4.43. The van der Waals surface area contributed by atoms with Crippen LogP contribution in [0.4, 0.5) is 23.8 Å². The number of benzene rings is 1. The largest absolute Gasteiger partial charge is 0.417 e. The van der Waals surface area contributed by atoms with Crippen molar-refractivity contribution in [3.8, 4) is 5.75 Å². The third-order valence-corrected chi connectivity index (χ3v) is 5.68. The quantitative estimate of drug-likeness (QED) is 0.591. The number of ether oxygens (including phenoxy) is 1. The lowest BCUT2D eigenvalue weighted by molar-refractivity contribution is -0.137. The lowest BCUT2D eigenvalue weighted by Gasteiger charge is -2.34. The summed E-state index contributed by atoms with van der Waals surface area (Å²) in [5, 5.41) is 3.05. The number of pyridine rings is 1. The molecular formula is C26H33F3N4O3. The van der Waals surface area contributed by atoms with Crippen molar-refractivity contribution < 1.29 is 27.5 Å². The molecule has 0 aliphatic carbocycles. The van der Waals surface area contributed by atoms with Crippen LogP contribution >= 0.6 is 0 Å². The first kappa shape index (κ1) is 27.3. The zero-order chi connectivity index (χ0) is 26.7. The summed E-state index contributed by atoms with van der Waals surface area (Å²) >= 11 is 0. The van der Waals surface area contributed by atoms with Crippen LogP contribution < -0.4 is 15.0 Å². The highest BCUT2D eigenvalue weighted by Crippen LogP contribution is 2.30. The van der Waals surface area contributed by atoms with Gasteiger partial charge < -0.3 is 19.9 Å². The molecule has 0 atom stereocenters. The van der Waals surface area contributed by atoms with E-state index >= 15 is 0 Å². The molecule has 1 fully saturated rings. The number of hydrogen-bond acceptors (Lipinski definition) is 5. The summed E-state index contributed by atoms with van der Waals surface area (Å²) in [5.41, 5.74) is -0.646. The Morgan fingerprint density at radius 1 is 0.944 bits per heavy atom. The molecule has 3 rings (SSSR count). The third-order valence-electron chi connectivity index (χ3n) is 5.68. The Morgan fingerprint density at radius 2 is 1.56 bits per heavy atom. The number of aromatic nitrogens is 1. The Kier molecular flexibility index (Phi) is 7.85. The number of carbonyl (C=O) groups is 2. The fourth-order valence-electron chi connectivity index (χ4n) is 4.45. The van der Waals surface area contributed by atoms with Crippen molar-refractivity contribution in [1.29, 1.82) is 0 Å². The van der Waals surface area contributed by atoms with Gasteiger partial charge in [0.05, 0.1) is 5.56 Å². The highest BCUT2D eigenvalue weighted by atomic mass is 19.4. The van der Waals surface area contributed by atoms with Gasteiger partial charge in [-0.25, -0.2) is 9.78 Å². The number of amides is 2. The van der Waals surface area contributed by atoms with E-state index in [-0.39, 0.29) is 16.9 Å². The number of rotatable bonds is 5. The molecule has 7 nitrogen and oxygen atoms in total. The summed E-state index contributed by atoms with van der Waals surface area (Å²) in [7, 11) is 0. The summed E-state index contributed by atoms with van der Waals surface area (Å²) in [6, 6.07) is 8.70. The second-order valence-corrected chi connectivity index (χ2v) is 10.8. The summed E-state index contributed by atoms with van der Waals surface area (Å²) in [6.45, 7) is 11.8. The van der Waals surface area contributed by atoms with E-state index in [0.29, 0.717) is 43.3 Å². The first-order valence-electron chi connectivity index (χ1n) is 11.8. The van der Waals surface area contributed by atoms with E-state index in [0.717, 1.165) is 18.7 Å². The van der Waals surface area contributed by atoms with Gasteiger partial charge in [-0.3, -0.25) is 4.79 Å². The molecule has 0 saturated carbocycles. The van der Waals surface area contributed by atoms with Crippen molar-refractivity contribution >= 4 is 17.8 Å². The van der Waals surface area contributed by atoms with Crippen molar-refractivity contribution in [2.24, 2.45) is 5.41 Å². The van der Waals surface area contributed by atoms with Crippen molar-refractivity contribution in [3.63, 3.8) is 0 Å². The molecule has 0 spiro atoms. The highest BCUT2D eigenvalue weighted by Gasteiger charge is 2.31. The normalized spacial score (nSPS) is 15.0. The maximum absolute atomic E-state index is 12.7. The maximum atomic E-state index is 12.7. The zero-order valence-electron chi connectivity index (χ0n) is 21.3. The fourth-order valence-corrected chi connectivity index (χ4v) is 4.45. The molecule has 1 aliphatic heterocycles. The lowest BCUT2D eigenvalue weighted by atomic mass is 9.81. The predicted octanol–water partition coefficient (Wildman–Crippen LogP) is 5.37. The summed E-state index contributed by atoms with van der Waals surface area (Å²) in [5.74, 6) is 0.544. The number of carbonyl (C=O) groups excluding carboxylic acids is 2. The summed E-state index contributed by atoms with van der Waals surface area (Å²) in [4.78, 5) is 32.5. The Hall–Kier alpha value is -3.30. The Bertz CT molecular complexity index is 1050. The standard InChI is InChI=1S/C26H33F3N4O3/c1-24(2,3)17-25(4,5)31-22(34)18-6-9-20(10-7-18)36-23(35)33-14-12-32(13-15-33)21-11-8-19(16-30-21)26(27,28)29/h6-11,16H,12-15,17H2,1-5H3,(H,31,34). The van der Waals surface area contributed by atoms with E-state index < -0.39 is 17.8 Å². The van der Waals surface area contributed by atoms with Gasteiger partial charge in [0.15, 0.2) is 0 Å². The van der Waals surface area contributed by atoms with Crippen LogP contribution in [0.1, 0.15) is 57.0 Å². The second-order valence-electron chi connectivity index (χ2n) is 10.8. The fraction of sp³-hybridized carbons (Fsp3) is 0.500. The molecule has 2 amide bonds. The number of nitrogens with zero attached hydrogens (tertiary/aromatic N) is 3. The molecule has 1 aromatic carbocycles. The van der Waals surface area contributed by atoms with E-state index in [1.165, 1.54) is 11.0 Å². The SMILES string of the molecule is CC(C)(C)CC(C)(C)NC(=O)c1ccc(OC(=O)N2CCN(c3ccc(C(F)(F)F)cn3)CC2)cc1. The van der Waals surface area contributed by atoms with Gasteiger partial charge in [-0.05, 0) is 62.1 Å². The number of alkyl halides is 3. The van der Waals surface area contributed by atoms with Crippen molar-refractivity contribution in [2.75, 3.05) is 31.1 Å². The molecular weight excluding hydrogens is 473 g/mol. The van der Waals surface area contributed by atoms with Crippen LogP contribution in [0.15, 0.2) is 42.6 Å². The first-order valence-corrected chi connectivity index (χ1v) is 11.8. The predicted molar refractivity (Wildman–Crippen MR) is 131 cm³/mol. The minimum Gasteiger partial charge on any atom is -0.410 e. The number of nitrogens with one attached hydrogen (secondary N) is 1. The van der Waals surface area contributed by atoms with Crippen LogP contribution in [0.2, 0.25) is 0 Å². The third kappa shape index (κ3) is 7.60. The maximum Gasteiger partial charge on any atom is 0.417 e. The van der Waals surface area contributed by atoms with E-state index in [1.54, 1.807) is 24.3 Å². The van der Waals surface area contributed by atoms with E-state index in [2.05, 4.69) is 31.1 Å². The molecule has 1 saturated heterocycles. The van der Waals surface area contributed by atoms with E-state index in [4.69, 9.17) is 4.74 Å². The van der Waals surface area contributed by atoms with Crippen LogP contribution in [0, 0.1) is 5.41 Å². The molecule has 196 valence electrons. The van der Waals surface area contributed by atoms with Gasteiger partial charge in [-0.15, -0.1) is 0 Å². The van der Waals surface area contributed by atoms with E-state index in [9.17, 15) is 22.8 Å². The molecule has 0 bridgehead atoms. The van der Waals surface area contributed by atoms with Crippen LogP contribution in [-0.2, 0) is 6.18 Å². The zero-order valence-corrected chi connectivity index (χ0v) is 21.3. The Labute approximate surface area is 209 Å². The average molecular weight is 507 g/mol. The molecule has 2 heterocycles.